The van der Waals surface area contributed by atoms with Crippen LogP contribution in [0.3, 0.4) is 0 Å². The second-order valence-corrected chi connectivity index (χ2v) is 4.49. The van der Waals surface area contributed by atoms with E-state index < -0.39 is 0 Å². The zero-order chi connectivity index (χ0) is 10.1. The summed E-state index contributed by atoms with van der Waals surface area (Å²) in [5.74, 6) is -0.179. The van der Waals surface area contributed by atoms with Crippen molar-refractivity contribution in [1.29, 1.82) is 0 Å². The van der Waals surface area contributed by atoms with E-state index in [0.717, 1.165) is 22.1 Å². The highest BCUT2D eigenvalue weighted by atomic mass is 32.1. The molecule has 74 valence electrons. The molecule has 0 aliphatic rings. The summed E-state index contributed by atoms with van der Waals surface area (Å²) in [4.78, 5) is 0. The third-order valence-corrected chi connectivity index (χ3v) is 3.17. The summed E-state index contributed by atoms with van der Waals surface area (Å²) >= 11 is 1.64. The van der Waals surface area contributed by atoms with Crippen LogP contribution < -0.4 is 5.73 Å². The fourth-order valence-corrected chi connectivity index (χ4v) is 2.51. The molecule has 0 aliphatic carbocycles. The van der Waals surface area contributed by atoms with Gasteiger partial charge in [0.05, 0.1) is 0 Å². The first-order valence-electron chi connectivity index (χ1n) is 4.58. The van der Waals surface area contributed by atoms with Crippen LogP contribution in [0.15, 0.2) is 23.6 Å². The van der Waals surface area contributed by atoms with Gasteiger partial charge in [0, 0.05) is 10.7 Å². The fraction of sp³-hybridized carbons (Fsp3) is 0.273. The highest BCUT2D eigenvalue weighted by Crippen LogP contribution is 2.27. The molecular weight excluding hydrogens is 197 g/mol. The average molecular weight is 209 g/mol. The number of fused-ring (bicyclic) bond motifs is 1. The lowest BCUT2D eigenvalue weighted by Crippen LogP contribution is -2.17. The van der Waals surface area contributed by atoms with E-state index in [1.165, 1.54) is 6.07 Å². The van der Waals surface area contributed by atoms with Crippen LogP contribution in [0.1, 0.15) is 12.5 Å². The summed E-state index contributed by atoms with van der Waals surface area (Å²) < 4.78 is 14.1. The smallest absolute Gasteiger partial charge is 0.123 e. The first kappa shape index (κ1) is 9.62. The van der Waals surface area contributed by atoms with Crippen molar-refractivity contribution in [1.82, 2.24) is 0 Å². The quantitative estimate of drug-likeness (QED) is 0.808. The van der Waals surface area contributed by atoms with Crippen LogP contribution in [-0.4, -0.2) is 6.04 Å². The first-order chi connectivity index (χ1) is 6.66. The molecule has 1 nitrogen and oxygen atoms in total. The molecule has 0 saturated heterocycles. The number of benzene rings is 1. The lowest BCUT2D eigenvalue weighted by molar-refractivity contribution is 0.629. The zero-order valence-corrected chi connectivity index (χ0v) is 8.77. The van der Waals surface area contributed by atoms with Crippen LogP contribution in [0, 0.1) is 5.82 Å². The van der Waals surface area contributed by atoms with Crippen LogP contribution in [0.2, 0.25) is 0 Å². The van der Waals surface area contributed by atoms with E-state index >= 15 is 0 Å². The van der Waals surface area contributed by atoms with Crippen LogP contribution in [0.5, 0.6) is 0 Å². The van der Waals surface area contributed by atoms with Gasteiger partial charge in [-0.3, -0.25) is 0 Å². The summed E-state index contributed by atoms with van der Waals surface area (Å²) in [5, 5.41) is 3.07. The molecule has 0 fully saturated rings. The van der Waals surface area contributed by atoms with Gasteiger partial charge < -0.3 is 5.73 Å². The Hall–Kier alpha value is -0.930. The SMILES string of the molecule is CC(N)Cc1csc2ccc(F)cc12. The molecule has 0 bridgehead atoms. The maximum atomic E-state index is 13.0. The Labute approximate surface area is 86.4 Å². The lowest BCUT2D eigenvalue weighted by atomic mass is 10.1. The van der Waals surface area contributed by atoms with Crippen LogP contribution in [0.4, 0.5) is 4.39 Å². The van der Waals surface area contributed by atoms with Gasteiger partial charge in [-0.15, -0.1) is 11.3 Å². The Morgan fingerprint density at radius 3 is 3.00 bits per heavy atom. The van der Waals surface area contributed by atoms with Gasteiger partial charge in [0.15, 0.2) is 0 Å². The summed E-state index contributed by atoms with van der Waals surface area (Å²) in [6, 6.07) is 5.02. The van der Waals surface area contributed by atoms with Gasteiger partial charge in [0.1, 0.15) is 5.82 Å². The van der Waals surface area contributed by atoms with Crippen molar-refractivity contribution in [3.8, 4) is 0 Å². The van der Waals surface area contributed by atoms with Crippen LogP contribution in [-0.2, 0) is 6.42 Å². The molecule has 1 atom stereocenters. The molecular formula is C11H12FNS. The Kier molecular flexibility index (Phi) is 2.52. The van der Waals surface area contributed by atoms with Gasteiger partial charge >= 0.3 is 0 Å². The topological polar surface area (TPSA) is 26.0 Å². The molecule has 14 heavy (non-hydrogen) atoms. The number of hydrogen-bond acceptors (Lipinski definition) is 2. The average Bonchev–Trinajstić information content (AvgIpc) is 2.47. The van der Waals surface area contributed by atoms with Crippen molar-refractivity contribution in [3.05, 3.63) is 35.0 Å². The summed E-state index contributed by atoms with van der Waals surface area (Å²) in [6.07, 6.45) is 0.809. The maximum Gasteiger partial charge on any atom is 0.123 e. The Bertz CT molecular complexity index is 447. The summed E-state index contributed by atoms with van der Waals surface area (Å²) in [5.41, 5.74) is 6.88. The second-order valence-electron chi connectivity index (χ2n) is 3.58. The van der Waals surface area contributed by atoms with Crippen molar-refractivity contribution in [2.24, 2.45) is 5.73 Å². The molecule has 0 spiro atoms. The summed E-state index contributed by atoms with van der Waals surface area (Å²) in [7, 11) is 0. The Morgan fingerprint density at radius 2 is 2.29 bits per heavy atom. The molecule has 1 unspecified atom stereocenters. The molecule has 0 amide bonds. The van der Waals surface area contributed by atoms with Crippen LogP contribution >= 0.6 is 11.3 Å². The van der Waals surface area contributed by atoms with Crippen LogP contribution in [0.25, 0.3) is 10.1 Å². The molecule has 1 aromatic carbocycles. The normalized spacial score (nSPS) is 13.4. The van der Waals surface area contributed by atoms with Crippen molar-refractivity contribution in [3.63, 3.8) is 0 Å². The molecule has 1 aromatic heterocycles. The van der Waals surface area contributed by atoms with Crippen molar-refractivity contribution in [2.75, 3.05) is 0 Å². The van der Waals surface area contributed by atoms with E-state index in [4.69, 9.17) is 5.73 Å². The number of halogens is 1. The van der Waals surface area contributed by atoms with E-state index in [1.54, 1.807) is 17.4 Å². The van der Waals surface area contributed by atoms with E-state index in [1.807, 2.05) is 13.0 Å². The molecule has 0 saturated carbocycles. The third kappa shape index (κ3) is 1.79. The standard InChI is InChI=1S/C11H12FNS/c1-7(13)4-8-6-14-11-3-2-9(12)5-10(8)11/h2-3,5-7H,4,13H2,1H3. The largest absolute Gasteiger partial charge is 0.328 e. The monoisotopic (exact) mass is 209 g/mol. The molecule has 1 heterocycles. The first-order valence-corrected chi connectivity index (χ1v) is 5.46. The number of nitrogens with two attached hydrogens (primary N) is 1. The highest BCUT2D eigenvalue weighted by molar-refractivity contribution is 7.17. The second kappa shape index (κ2) is 3.67. The molecule has 2 N–H and O–H groups in total. The molecule has 2 rings (SSSR count). The van der Waals surface area contributed by atoms with Gasteiger partial charge in [0.25, 0.3) is 0 Å². The van der Waals surface area contributed by atoms with E-state index in [9.17, 15) is 4.39 Å². The minimum Gasteiger partial charge on any atom is -0.328 e. The highest BCUT2D eigenvalue weighted by Gasteiger charge is 2.06. The summed E-state index contributed by atoms with van der Waals surface area (Å²) in [6.45, 7) is 1.96. The molecule has 2 aromatic rings. The molecule has 3 heteroatoms. The van der Waals surface area contributed by atoms with Gasteiger partial charge in [-0.1, -0.05) is 0 Å². The predicted molar refractivity (Wildman–Crippen MR) is 59.1 cm³/mol. The predicted octanol–water partition coefficient (Wildman–Crippen LogP) is 2.93. The molecule has 0 aliphatic heterocycles. The van der Waals surface area contributed by atoms with Gasteiger partial charge in [0.2, 0.25) is 0 Å². The minimum atomic E-state index is -0.179. The maximum absolute atomic E-state index is 13.0. The van der Waals surface area contributed by atoms with Gasteiger partial charge in [-0.2, -0.15) is 0 Å². The van der Waals surface area contributed by atoms with Crippen molar-refractivity contribution in [2.45, 2.75) is 19.4 Å². The molecule has 0 radical (unpaired) electrons. The van der Waals surface area contributed by atoms with Gasteiger partial charge in [-0.25, -0.2) is 4.39 Å². The Balaban J connectivity index is 2.50. The van der Waals surface area contributed by atoms with E-state index in [0.29, 0.717) is 0 Å². The lowest BCUT2D eigenvalue weighted by Gasteiger charge is -2.02. The Morgan fingerprint density at radius 1 is 1.50 bits per heavy atom. The number of rotatable bonds is 2. The van der Waals surface area contributed by atoms with E-state index in [-0.39, 0.29) is 11.9 Å². The van der Waals surface area contributed by atoms with Crippen molar-refractivity contribution >= 4 is 21.4 Å². The van der Waals surface area contributed by atoms with E-state index in [2.05, 4.69) is 5.38 Å². The number of hydrogen-bond donors (Lipinski definition) is 1. The number of thiophene rings is 1. The third-order valence-electron chi connectivity index (χ3n) is 2.16. The van der Waals surface area contributed by atoms with Crippen molar-refractivity contribution < 1.29 is 4.39 Å². The minimum absolute atomic E-state index is 0.121. The van der Waals surface area contributed by atoms with Gasteiger partial charge in [-0.05, 0) is 47.9 Å². The zero-order valence-electron chi connectivity index (χ0n) is 7.96. The fourth-order valence-electron chi connectivity index (χ4n) is 1.56.